The van der Waals surface area contributed by atoms with Gasteiger partial charge in [0, 0.05) is 13.1 Å². The van der Waals surface area contributed by atoms with Crippen molar-refractivity contribution in [2.75, 3.05) is 13.1 Å². The summed E-state index contributed by atoms with van der Waals surface area (Å²) in [6, 6.07) is 0. The number of primary amides is 1. The van der Waals surface area contributed by atoms with Gasteiger partial charge in [-0.2, -0.15) is 0 Å². The zero-order valence-electron chi connectivity index (χ0n) is 8.77. The lowest BCUT2D eigenvalue weighted by Crippen LogP contribution is -2.15. The lowest BCUT2D eigenvalue weighted by atomic mass is 10.4. The molecule has 7 nitrogen and oxygen atoms in total. The van der Waals surface area contributed by atoms with Gasteiger partial charge in [-0.25, -0.2) is 4.98 Å². The third-order valence-corrected chi connectivity index (χ3v) is 1.86. The molecule has 1 rings (SSSR count). The minimum absolute atomic E-state index is 0.172. The number of aromatic nitrogens is 2. The zero-order valence-corrected chi connectivity index (χ0v) is 8.77. The number of rotatable bonds is 5. The third-order valence-electron chi connectivity index (χ3n) is 1.86. The largest absolute Gasteiger partial charge is 0.364 e. The molecule has 0 unspecified atom stereocenters. The minimum atomic E-state index is -0.596. The third kappa shape index (κ3) is 2.76. The van der Waals surface area contributed by atoms with Crippen LogP contribution in [0.1, 0.15) is 24.3 Å². The Balaban J connectivity index is 2.79. The van der Waals surface area contributed by atoms with E-state index in [1.165, 1.54) is 6.33 Å². The van der Waals surface area contributed by atoms with Crippen LogP contribution in [0, 0.1) is 0 Å². The van der Waals surface area contributed by atoms with E-state index in [2.05, 4.69) is 20.3 Å². The summed E-state index contributed by atoms with van der Waals surface area (Å²) in [4.78, 5) is 17.3. The highest BCUT2D eigenvalue weighted by Crippen LogP contribution is 2.13. The highest BCUT2D eigenvalue weighted by molar-refractivity contribution is 5.94. The molecular weight excluding hydrogens is 196 g/mol. The topological polar surface area (TPSA) is 99.7 Å². The number of hydrogen-bond acceptors (Lipinski definition) is 4. The number of H-pyrrole nitrogens is 1. The van der Waals surface area contributed by atoms with Gasteiger partial charge in [0.25, 0.3) is 5.91 Å². The number of imidazole rings is 1. The average molecular weight is 210 g/mol. The Hall–Kier alpha value is -1.92. The van der Waals surface area contributed by atoms with Gasteiger partial charge in [0.15, 0.2) is 5.69 Å². The van der Waals surface area contributed by atoms with E-state index in [1.54, 1.807) is 5.01 Å². The first-order valence-electron chi connectivity index (χ1n) is 4.68. The Morgan fingerprint density at radius 3 is 2.80 bits per heavy atom. The lowest BCUT2D eigenvalue weighted by molar-refractivity contribution is 0.0996. The van der Waals surface area contributed by atoms with Crippen molar-refractivity contribution < 1.29 is 4.79 Å². The maximum atomic E-state index is 10.9. The van der Waals surface area contributed by atoms with Crippen LogP contribution in [0.15, 0.2) is 16.7 Å². The average Bonchev–Trinajstić information content (AvgIpc) is 2.67. The molecule has 0 saturated carbocycles. The summed E-state index contributed by atoms with van der Waals surface area (Å²) >= 11 is 0. The van der Waals surface area contributed by atoms with Gasteiger partial charge < -0.3 is 10.7 Å². The maximum absolute atomic E-state index is 10.9. The molecule has 0 aromatic carbocycles. The summed E-state index contributed by atoms with van der Waals surface area (Å²) in [5, 5.41) is 9.49. The second kappa shape index (κ2) is 5.08. The van der Waals surface area contributed by atoms with E-state index in [0.29, 0.717) is 0 Å². The van der Waals surface area contributed by atoms with Crippen LogP contribution in [0.4, 0.5) is 5.82 Å². The van der Waals surface area contributed by atoms with Gasteiger partial charge in [0.2, 0.25) is 5.82 Å². The van der Waals surface area contributed by atoms with Crippen LogP contribution < -0.4 is 5.73 Å². The molecule has 1 heterocycles. The summed E-state index contributed by atoms with van der Waals surface area (Å²) in [6.07, 6.45) is 1.36. The quantitative estimate of drug-likeness (QED) is 0.556. The summed E-state index contributed by atoms with van der Waals surface area (Å²) < 4.78 is 0. The minimum Gasteiger partial charge on any atom is -0.364 e. The van der Waals surface area contributed by atoms with Gasteiger partial charge in [-0.15, -0.1) is 5.11 Å². The Bertz CT molecular complexity index is 354. The van der Waals surface area contributed by atoms with Crippen molar-refractivity contribution in [3.05, 3.63) is 12.0 Å². The van der Waals surface area contributed by atoms with E-state index < -0.39 is 5.91 Å². The first-order valence-corrected chi connectivity index (χ1v) is 4.68. The van der Waals surface area contributed by atoms with Crippen LogP contribution in [0.3, 0.4) is 0 Å². The van der Waals surface area contributed by atoms with E-state index in [0.717, 1.165) is 13.1 Å². The molecule has 1 aromatic rings. The monoisotopic (exact) mass is 210 g/mol. The van der Waals surface area contributed by atoms with Crippen molar-refractivity contribution in [2.24, 2.45) is 16.1 Å². The van der Waals surface area contributed by atoms with Gasteiger partial charge >= 0.3 is 0 Å². The van der Waals surface area contributed by atoms with Crippen molar-refractivity contribution in [3.63, 3.8) is 0 Å². The molecule has 15 heavy (non-hydrogen) atoms. The molecule has 0 aliphatic rings. The number of nitrogens with two attached hydrogens (primary N) is 1. The Morgan fingerprint density at radius 2 is 2.27 bits per heavy atom. The molecule has 0 bridgehead atoms. The molecular formula is C8H14N6O. The summed E-state index contributed by atoms with van der Waals surface area (Å²) in [5.41, 5.74) is 5.28. The molecule has 0 aliphatic heterocycles. The number of aromatic amines is 1. The van der Waals surface area contributed by atoms with Crippen LogP contribution >= 0.6 is 0 Å². The maximum Gasteiger partial charge on any atom is 0.269 e. The van der Waals surface area contributed by atoms with Gasteiger partial charge in [-0.3, -0.25) is 9.80 Å². The molecule has 7 heteroatoms. The molecule has 1 amide bonds. The lowest BCUT2D eigenvalue weighted by Gasteiger charge is -2.10. The summed E-state index contributed by atoms with van der Waals surface area (Å²) in [7, 11) is 0. The van der Waals surface area contributed by atoms with Crippen LogP contribution in [0.5, 0.6) is 0 Å². The van der Waals surface area contributed by atoms with Gasteiger partial charge in [-0.1, -0.05) is 5.22 Å². The fraction of sp³-hybridized carbons (Fsp3) is 0.500. The highest BCUT2D eigenvalue weighted by atomic mass is 16.1. The molecule has 1 aromatic heterocycles. The zero-order chi connectivity index (χ0) is 11.3. The number of amides is 1. The second-order valence-corrected chi connectivity index (χ2v) is 2.79. The fourth-order valence-corrected chi connectivity index (χ4v) is 1.000. The standard InChI is InChI=1S/C8H14N6O/c1-3-14(4-2)13-12-8-6(7(9)15)10-5-11-8/h5H,3-4H2,1-2H3,(H2,9,15)(H,10,11). The Labute approximate surface area is 87.4 Å². The van der Waals surface area contributed by atoms with Crippen molar-refractivity contribution in [2.45, 2.75) is 13.8 Å². The fourth-order valence-electron chi connectivity index (χ4n) is 1.000. The van der Waals surface area contributed by atoms with E-state index in [1.807, 2.05) is 13.8 Å². The van der Waals surface area contributed by atoms with Gasteiger partial charge in [0.05, 0.1) is 6.33 Å². The van der Waals surface area contributed by atoms with E-state index in [9.17, 15) is 4.79 Å². The smallest absolute Gasteiger partial charge is 0.269 e. The Kier molecular flexibility index (Phi) is 3.78. The van der Waals surface area contributed by atoms with Crippen LogP contribution in [-0.4, -0.2) is 34.0 Å². The molecule has 0 spiro atoms. The first kappa shape index (κ1) is 11.2. The normalized spacial score (nSPS) is 10.8. The molecule has 3 N–H and O–H groups in total. The first-order chi connectivity index (χ1) is 7.19. The molecule has 0 radical (unpaired) electrons. The number of hydrogen-bond donors (Lipinski definition) is 2. The highest BCUT2D eigenvalue weighted by Gasteiger charge is 2.10. The van der Waals surface area contributed by atoms with Crippen LogP contribution in [0.2, 0.25) is 0 Å². The number of carbonyl (C=O) groups excluding carboxylic acids is 1. The molecule has 0 atom stereocenters. The molecule has 0 fully saturated rings. The van der Waals surface area contributed by atoms with Crippen molar-refractivity contribution in [1.29, 1.82) is 0 Å². The van der Waals surface area contributed by atoms with E-state index in [4.69, 9.17) is 5.73 Å². The van der Waals surface area contributed by atoms with Crippen molar-refractivity contribution in [3.8, 4) is 0 Å². The predicted molar refractivity (Wildman–Crippen MR) is 54.5 cm³/mol. The molecule has 0 aliphatic carbocycles. The number of carbonyl (C=O) groups is 1. The second-order valence-electron chi connectivity index (χ2n) is 2.79. The number of nitrogens with zero attached hydrogens (tertiary/aromatic N) is 4. The van der Waals surface area contributed by atoms with Gasteiger partial charge in [-0.05, 0) is 13.8 Å². The molecule has 0 saturated heterocycles. The summed E-state index contributed by atoms with van der Waals surface area (Å²) in [5.74, 6) is -0.379. The SMILES string of the molecule is CCN(CC)N=Nc1nc[nH]c1C(N)=O. The molecule has 82 valence electrons. The van der Waals surface area contributed by atoms with Crippen molar-refractivity contribution >= 4 is 11.7 Å². The van der Waals surface area contributed by atoms with Crippen molar-refractivity contribution in [1.82, 2.24) is 15.0 Å². The van der Waals surface area contributed by atoms with Crippen LogP contribution in [-0.2, 0) is 0 Å². The Morgan fingerprint density at radius 1 is 1.60 bits per heavy atom. The van der Waals surface area contributed by atoms with Gasteiger partial charge in [0.1, 0.15) is 0 Å². The van der Waals surface area contributed by atoms with Crippen LogP contribution in [0.25, 0.3) is 0 Å². The predicted octanol–water partition coefficient (Wildman–Crippen LogP) is 0.849. The van der Waals surface area contributed by atoms with E-state index >= 15 is 0 Å². The summed E-state index contributed by atoms with van der Waals surface area (Å²) in [6.45, 7) is 5.41. The number of nitrogens with one attached hydrogen (secondary N) is 1. The van der Waals surface area contributed by atoms with E-state index in [-0.39, 0.29) is 11.5 Å².